The highest BCUT2D eigenvalue weighted by Crippen LogP contribution is 2.29. The third-order valence-electron chi connectivity index (χ3n) is 4.14. The van der Waals surface area contributed by atoms with Gasteiger partial charge in [0.05, 0.1) is 17.9 Å². The smallest absolute Gasteiger partial charge is 0.340 e. The molecule has 6 nitrogen and oxygen atoms in total. The molecule has 0 unspecified atom stereocenters. The summed E-state index contributed by atoms with van der Waals surface area (Å²) in [5.41, 5.74) is 2.16. The molecular weight excluding hydrogens is 366 g/mol. The SMILES string of the molecule is CCOC(=O)c1ccccc1NC(=O)/C(C#N)=C\Nc1ccccc1C(C)(C)C. The number of anilines is 2. The zero-order chi connectivity index (χ0) is 21.4. The second-order valence-electron chi connectivity index (χ2n) is 7.33. The van der Waals surface area contributed by atoms with E-state index >= 15 is 0 Å². The summed E-state index contributed by atoms with van der Waals surface area (Å²) in [6, 6.07) is 16.1. The Kier molecular flexibility index (Phi) is 7.15. The molecule has 2 aromatic rings. The van der Waals surface area contributed by atoms with Crippen LogP contribution in [0.4, 0.5) is 11.4 Å². The fraction of sp³-hybridized carbons (Fsp3) is 0.261. The molecule has 0 aliphatic rings. The number of hydrogen-bond acceptors (Lipinski definition) is 5. The first-order valence-electron chi connectivity index (χ1n) is 9.31. The molecule has 0 atom stereocenters. The number of amides is 1. The zero-order valence-corrected chi connectivity index (χ0v) is 17.1. The molecule has 0 radical (unpaired) electrons. The van der Waals surface area contributed by atoms with E-state index in [1.54, 1.807) is 31.2 Å². The molecule has 2 aromatic carbocycles. The standard InChI is InChI=1S/C23H25N3O3/c1-5-29-22(28)17-10-6-8-12-19(17)26-21(27)16(14-24)15-25-20-13-9-7-11-18(20)23(2,3)4/h6-13,15,25H,5H2,1-4H3,(H,26,27)/b16-15-. The largest absolute Gasteiger partial charge is 0.462 e. The number of nitrogens with one attached hydrogen (secondary N) is 2. The number of carbonyl (C=O) groups excluding carboxylic acids is 2. The van der Waals surface area contributed by atoms with E-state index in [-0.39, 0.29) is 28.8 Å². The van der Waals surface area contributed by atoms with Crippen molar-refractivity contribution in [2.24, 2.45) is 0 Å². The van der Waals surface area contributed by atoms with Crippen LogP contribution in [0.3, 0.4) is 0 Å². The molecule has 2 N–H and O–H groups in total. The molecule has 2 rings (SSSR count). The summed E-state index contributed by atoms with van der Waals surface area (Å²) in [6.45, 7) is 8.18. The molecule has 0 saturated heterocycles. The van der Waals surface area contributed by atoms with Gasteiger partial charge in [-0.05, 0) is 36.1 Å². The number of nitrogens with zero attached hydrogens (tertiary/aromatic N) is 1. The lowest BCUT2D eigenvalue weighted by molar-refractivity contribution is -0.112. The summed E-state index contributed by atoms with van der Waals surface area (Å²) < 4.78 is 5.01. The highest BCUT2D eigenvalue weighted by atomic mass is 16.5. The van der Waals surface area contributed by atoms with Crippen molar-refractivity contribution in [2.45, 2.75) is 33.1 Å². The number of ether oxygens (including phenoxy) is 1. The summed E-state index contributed by atoms with van der Waals surface area (Å²) in [6.07, 6.45) is 1.37. The molecule has 29 heavy (non-hydrogen) atoms. The van der Waals surface area contributed by atoms with E-state index in [0.29, 0.717) is 0 Å². The van der Waals surface area contributed by atoms with Crippen LogP contribution in [0.25, 0.3) is 0 Å². The van der Waals surface area contributed by atoms with Crippen LogP contribution in [0.2, 0.25) is 0 Å². The van der Waals surface area contributed by atoms with Gasteiger partial charge in [0.1, 0.15) is 11.6 Å². The number of para-hydroxylation sites is 2. The average molecular weight is 391 g/mol. The Balaban J connectivity index is 2.24. The van der Waals surface area contributed by atoms with Crippen molar-refractivity contribution in [3.05, 3.63) is 71.4 Å². The molecule has 0 heterocycles. The number of nitriles is 1. The van der Waals surface area contributed by atoms with E-state index in [2.05, 4.69) is 31.4 Å². The van der Waals surface area contributed by atoms with E-state index in [1.807, 2.05) is 30.3 Å². The summed E-state index contributed by atoms with van der Waals surface area (Å²) in [5.74, 6) is -1.16. The fourth-order valence-corrected chi connectivity index (χ4v) is 2.73. The lowest BCUT2D eigenvalue weighted by Gasteiger charge is -2.22. The maximum absolute atomic E-state index is 12.6. The summed E-state index contributed by atoms with van der Waals surface area (Å²) in [5, 5.41) is 15.1. The summed E-state index contributed by atoms with van der Waals surface area (Å²) in [7, 11) is 0. The van der Waals surface area contributed by atoms with Crippen LogP contribution < -0.4 is 10.6 Å². The van der Waals surface area contributed by atoms with Gasteiger partial charge in [-0.1, -0.05) is 51.1 Å². The van der Waals surface area contributed by atoms with Crippen LogP contribution in [0, 0.1) is 11.3 Å². The minimum absolute atomic E-state index is 0.106. The Labute approximate surface area is 171 Å². The zero-order valence-electron chi connectivity index (χ0n) is 17.1. The minimum Gasteiger partial charge on any atom is -0.462 e. The van der Waals surface area contributed by atoms with Crippen LogP contribution >= 0.6 is 0 Å². The van der Waals surface area contributed by atoms with Crippen molar-refractivity contribution < 1.29 is 14.3 Å². The molecule has 1 amide bonds. The third kappa shape index (κ3) is 5.69. The predicted octanol–water partition coefficient (Wildman–Crippen LogP) is 4.62. The molecule has 0 bridgehead atoms. The summed E-state index contributed by atoms with van der Waals surface area (Å²) >= 11 is 0. The average Bonchev–Trinajstić information content (AvgIpc) is 2.68. The highest BCUT2D eigenvalue weighted by Gasteiger charge is 2.18. The van der Waals surface area contributed by atoms with Crippen LogP contribution in [0.15, 0.2) is 60.3 Å². The van der Waals surface area contributed by atoms with Crippen molar-refractivity contribution in [1.82, 2.24) is 0 Å². The lowest BCUT2D eigenvalue weighted by Crippen LogP contribution is -2.18. The van der Waals surface area contributed by atoms with Crippen LogP contribution in [0.5, 0.6) is 0 Å². The first-order chi connectivity index (χ1) is 13.8. The van der Waals surface area contributed by atoms with Gasteiger partial charge in [0.15, 0.2) is 0 Å². The van der Waals surface area contributed by atoms with Crippen molar-refractivity contribution in [3.63, 3.8) is 0 Å². The second-order valence-corrected chi connectivity index (χ2v) is 7.33. The number of benzene rings is 2. The Hall–Kier alpha value is -3.59. The van der Waals surface area contributed by atoms with E-state index in [4.69, 9.17) is 4.74 Å². The van der Waals surface area contributed by atoms with Gasteiger partial charge in [-0.3, -0.25) is 4.79 Å². The quantitative estimate of drug-likeness (QED) is 0.426. The lowest BCUT2D eigenvalue weighted by atomic mass is 9.86. The van der Waals surface area contributed by atoms with Crippen LogP contribution in [0.1, 0.15) is 43.6 Å². The Morgan fingerprint density at radius 2 is 1.69 bits per heavy atom. The summed E-state index contributed by atoms with van der Waals surface area (Å²) in [4.78, 5) is 24.6. The monoisotopic (exact) mass is 391 g/mol. The number of rotatable bonds is 6. The maximum Gasteiger partial charge on any atom is 0.340 e. The van der Waals surface area contributed by atoms with E-state index in [9.17, 15) is 14.9 Å². The Morgan fingerprint density at radius 3 is 2.31 bits per heavy atom. The van der Waals surface area contributed by atoms with E-state index in [1.165, 1.54) is 6.20 Å². The molecule has 6 heteroatoms. The molecule has 0 spiro atoms. The predicted molar refractivity (Wildman–Crippen MR) is 113 cm³/mol. The van der Waals surface area contributed by atoms with Gasteiger partial charge >= 0.3 is 5.97 Å². The molecule has 0 aliphatic carbocycles. The molecule has 0 fully saturated rings. The molecular formula is C23H25N3O3. The maximum atomic E-state index is 12.6. The van der Waals surface area contributed by atoms with Gasteiger partial charge in [-0.15, -0.1) is 0 Å². The highest BCUT2D eigenvalue weighted by molar-refractivity contribution is 6.09. The second kappa shape index (κ2) is 9.56. The van der Waals surface area contributed by atoms with Gasteiger partial charge in [0.25, 0.3) is 5.91 Å². The third-order valence-corrected chi connectivity index (χ3v) is 4.14. The van der Waals surface area contributed by atoms with Gasteiger partial charge in [-0.2, -0.15) is 5.26 Å². The van der Waals surface area contributed by atoms with Crippen molar-refractivity contribution >= 4 is 23.3 Å². The molecule has 0 saturated carbocycles. The van der Waals surface area contributed by atoms with E-state index in [0.717, 1.165) is 11.3 Å². The van der Waals surface area contributed by atoms with Gasteiger partial charge in [-0.25, -0.2) is 4.79 Å². The fourth-order valence-electron chi connectivity index (χ4n) is 2.73. The first kappa shape index (κ1) is 21.7. The molecule has 0 aliphatic heterocycles. The van der Waals surface area contributed by atoms with E-state index < -0.39 is 11.9 Å². The molecule has 0 aromatic heterocycles. The normalized spacial score (nSPS) is 11.3. The first-order valence-corrected chi connectivity index (χ1v) is 9.31. The number of esters is 1. The van der Waals surface area contributed by atoms with Gasteiger partial charge in [0.2, 0.25) is 0 Å². The number of carbonyl (C=O) groups is 2. The number of hydrogen-bond donors (Lipinski definition) is 2. The Morgan fingerprint density at radius 1 is 1.07 bits per heavy atom. The van der Waals surface area contributed by atoms with Gasteiger partial charge < -0.3 is 15.4 Å². The Bertz CT molecular complexity index is 966. The van der Waals surface area contributed by atoms with Gasteiger partial charge in [0, 0.05) is 11.9 Å². The topological polar surface area (TPSA) is 91.2 Å². The van der Waals surface area contributed by atoms with Crippen LogP contribution in [-0.4, -0.2) is 18.5 Å². The molecule has 150 valence electrons. The van der Waals surface area contributed by atoms with Crippen molar-refractivity contribution in [1.29, 1.82) is 5.26 Å². The van der Waals surface area contributed by atoms with Crippen LogP contribution in [-0.2, 0) is 14.9 Å². The van der Waals surface area contributed by atoms with Crippen molar-refractivity contribution in [2.75, 3.05) is 17.2 Å². The van der Waals surface area contributed by atoms with Crippen molar-refractivity contribution in [3.8, 4) is 6.07 Å². The minimum atomic E-state index is -0.620.